The van der Waals surface area contributed by atoms with E-state index in [1.165, 1.54) is 10.9 Å². The van der Waals surface area contributed by atoms with Crippen LogP contribution in [0.1, 0.15) is 43.7 Å². The van der Waals surface area contributed by atoms with E-state index in [0.29, 0.717) is 33.3 Å². The summed E-state index contributed by atoms with van der Waals surface area (Å²) in [7, 11) is 2.66. The van der Waals surface area contributed by atoms with Gasteiger partial charge in [-0.2, -0.15) is 23.4 Å². The summed E-state index contributed by atoms with van der Waals surface area (Å²) >= 11 is 0.668. The molecule has 4 aromatic rings. The van der Waals surface area contributed by atoms with Crippen molar-refractivity contribution in [2.75, 3.05) is 5.32 Å². The SMILES string of the molecule is Cc1c(-c2cc(C(F)F)nc3sc(C(N)=O)c(NC(=O)c4cc(C(F)(F)F)n(C)n4)c23)cnn1C. The summed E-state index contributed by atoms with van der Waals surface area (Å²) < 4.78 is 68.6. The molecule has 4 rings (SSSR count). The number of anilines is 1. The number of rotatable bonds is 5. The van der Waals surface area contributed by atoms with Crippen LogP contribution in [-0.4, -0.2) is 36.4 Å². The molecule has 0 bridgehead atoms. The van der Waals surface area contributed by atoms with E-state index in [-0.39, 0.29) is 26.3 Å². The van der Waals surface area contributed by atoms with Crippen LogP contribution in [0.2, 0.25) is 0 Å². The lowest BCUT2D eigenvalue weighted by Gasteiger charge is -2.10. The van der Waals surface area contributed by atoms with E-state index in [0.717, 1.165) is 13.1 Å². The highest BCUT2D eigenvalue weighted by Gasteiger charge is 2.36. The zero-order chi connectivity index (χ0) is 25.8. The zero-order valence-electron chi connectivity index (χ0n) is 18.2. The number of pyridine rings is 1. The van der Waals surface area contributed by atoms with Gasteiger partial charge in [0, 0.05) is 36.8 Å². The number of thiophene rings is 1. The van der Waals surface area contributed by atoms with Gasteiger partial charge in [0.15, 0.2) is 5.69 Å². The molecule has 0 aliphatic carbocycles. The van der Waals surface area contributed by atoms with Crippen molar-refractivity contribution >= 4 is 39.1 Å². The van der Waals surface area contributed by atoms with Gasteiger partial charge in [-0.3, -0.25) is 19.0 Å². The molecule has 0 spiro atoms. The number of carbonyl (C=O) groups excluding carboxylic acids is 2. The van der Waals surface area contributed by atoms with Gasteiger partial charge in [0.25, 0.3) is 18.2 Å². The molecule has 15 heteroatoms. The molecule has 4 heterocycles. The van der Waals surface area contributed by atoms with Gasteiger partial charge < -0.3 is 11.1 Å². The Morgan fingerprint density at radius 1 is 1.14 bits per heavy atom. The van der Waals surface area contributed by atoms with Crippen LogP contribution in [0.15, 0.2) is 18.3 Å². The molecule has 0 aliphatic rings. The lowest BCUT2D eigenvalue weighted by Crippen LogP contribution is -2.17. The van der Waals surface area contributed by atoms with Crippen LogP contribution in [0.5, 0.6) is 0 Å². The smallest absolute Gasteiger partial charge is 0.365 e. The third-order valence-corrected chi connectivity index (χ3v) is 6.39. The van der Waals surface area contributed by atoms with Gasteiger partial charge in [-0.1, -0.05) is 0 Å². The summed E-state index contributed by atoms with van der Waals surface area (Å²) in [6.45, 7) is 1.68. The standard InChI is InChI=1S/C20H16F5N7O2S/c1-7-9(6-27-31(7)2)8-4-10(16(21)22)28-19-13(8)14(15(35-19)17(26)33)29-18(34)11-5-12(20(23,24)25)32(3)30-11/h4-6,16H,1-3H3,(H2,26,33)(H,29,34). The van der Waals surface area contributed by atoms with Crippen LogP contribution in [0.4, 0.5) is 27.6 Å². The van der Waals surface area contributed by atoms with Gasteiger partial charge in [-0.05, 0) is 18.6 Å². The highest BCUT2D eigenvalue weighted by atomic mass is 32.1. The molecule has 2 amide bonds. The average Bonchev–Trinajstić information content (AvgIpc) is 3.43. The predicted octanol–water partition coefficient (Wildman–Crippen LogP) is 4.05. The number of alkyl halides is 5. The van der Waals surface area contributed by atoms with Crippen molar-refractivity contribution in [3.63, 3.8) is 0 Å². The maximum atomic E-state index is 13.6. The summed E-state index contributed by atoms with van der Waals surface area (Å²) in [4.78, 5) is 28.7. The molecule has 4 aromatic heterocycles. The van der Waals surface area contributed by atoms with Crippen molar-refractivity contribution in [1.29, 1.82) is 0 Å². The fourth-order valence-electron chi connectivity index (χ4n) is 3.52. The number of fused-ring (bicyclic) bond motifs is 1. The molecule has 0 aromatic carbocycles. The van der Waals surface area contributed by atoms with Gasteiger partial charge in [-0.15, -0.1) is 11.3 Å². The Morgan fingerprint density at radius 3 is 2.34 bits per heavy atom. The Labute approximate surface area is 197 Å². The normalized spacial score (nSPS) is 12.0. The number of nitrogens with two attached hydrogens (primary N) is 1. The number of primary amides is 1. The fraction of sp³-hybridized carbons (Fsp3) is 0.250. The maximum absolute atomic E-state index is 13.6. The molecular weight excluding hydrogens is 497 g/mol. The minimum Gasteiger partial charge on any atom is -0.365 e. The van der Waals surface area contributed by atoms with E-state index >= 15 is 0 Å². The molecule has 184 valence electrons. The second-order valence-electron chi connectivity index (χ2n) is 7.50. The van der Waals surface area contributed by atoms with Gasteiger partial charge in [0.1, 0.15) is 21.1 Å². The van der Waals surface area contributed by atoms with E-state index in [9.17, 15) is 31.5 Å². The minimum absolute atomic E-state index is 0.0258. The quantitative estimate of drug-likeness (QED) is 0.390. The van der Waals surface area contributed by atoms with Crippen molar-refractivity contribution in [1.82, 2.24) is 24.5 Å². The highest BCUT2D eigenvalue weighted by Crippen LogP contribution is 2.43. The molecule has 0 fully saturated rings. The van der Waals surface area contributed by atoms with Crippen molar-refractivity contribution < 1.29 is 31.5 Å². The number of nitrogens with zero attached hydrogens (tertiary/aromatic N) is 5. The zero-order valence-corrected chi connectivity index (χ0v) is 19.1. The number of carbonyl (C=O) groups is 2. The van der Waals surface area contributed by atoms with E-state index in [1.807, 2.05) is 0 Å². The number of hydrogen-bond acceptors (Lipinski definition) is 6. The molecule has 0 saturated carbocycles. The number of hydrogen-bond donors (Lipinski definition) is 2. The van der Waals surface area contributed by atoms with Crippen molar-refractivity contribution in [3.8, 4) is 11.1 Å². The Balaban J connectivity index is 1.93. The fourth-order valence-corrected chi connectivity index (χ4v) is 4.53. The first-order chi connectivity index (χ1) is 16.3. The third-order valence-electron chi connectivity index (χ3n) is 5.30. The Morgan fingerprint density at radius 2 is 1.83 bits per heavy atom. The maximum Gasteiger partial charge on any atom is 0.433 e. The summed E-state index contributed by atoms with van der Waals surface area (Å²) in [6, 6.07) is 1.65. The summed E-state index contributed by atoms with van der Waals surface area (Å²) in [6.07, 6.45) is -6.28. The summed E-state index contributed by atoms with van der Waals surface area (Å²) in [5.74, 6) is -2.06. The van der Waals surface area contributed by atoms with Crippen molar-refractivity contribution in [2.24, 2.45) is 19.8 Å². The number of aryl methyl sites for hydroxylation is 2. The van der Waals surface area contributed by atoms with Crippen LogP contribution in [0.3, 0.4) is 0 Å². The number of nitrogens with one attached hydrogen (secondary N) is 1. The summed E-state index contributed by atoms with van der Waals surface area (Å²) in [5.41, 5.74) is 4.16. The molecular formula is C20H16F5N7O2S. The average molecular weight is 513 g/mol. The Hall–Kier alpha value is -3.88. The molecule has 0 atom stereocenters. The minimum atomic E-state index is -4.76. The topological polar surface area (TPSA) is 121 Å². The van der Waals surface area contributed by atoms with Crippen LogP contribution >= 0.6 is 11.3 Å². The molecule has 0 saturated heterocycles. The van der Waals surface area contributed by atoms with Crippen LogP contribution in [0, 0.1) is 6.92 Å². The highest BCUT2D eigenvalue weighted by molar-refractivity contribution is 7.21. The van der Waals surface area contributed by atoms with Gasteiger partial charge in [0.05, 0.1) is 11.9 Å². The number of amides is 2. The predicted molar refractivity (Wildman–Crippen MR) is 116 cm³/mol. The molecule has 9 nitrogen and oxygen atoms in total. The van der Waals surface area contributed by atoms with E-state index in [4.69, 9.17) is 5.73 Å². The van der Waals surface area contributed by atoms with E-state index in [1.54, 1.807) is 14.0 Å². The third kappa shape index (κ3) is 4.22. The molecule has 0 aliphatic heterocycles. The lowest BCUT2D eigenvalue weighted by molar-refractivity contribution is -0.143. The van der Waals surface area contributed by atoms with Gasteiger partial charge in [0.2, 0.25) is 0 Å². The van der Waals surface area contributed by atoms with E-state index in [2.05, 4.69) is 20.5 Å². The second-order valence-corrected chi connectivity index (χ2v) is 8.50. The first-order valence-electron chi connectivity index (χ1n) is 9.76. The molecule has 0 unspecified atom stereocenters. The molecule has 35 heavy (non-hydrogen) atoms. The largest absolute Gasteiger partial charge is 0.433 e. The number of halogens is 5. The van der Waals surface area contributed by atoms with Crippen molar-refractivity contribution in [2.45, 2.75) is 19.5 Å². The first-order valence-corrected chi connectivity index (χ1v) is 10.6. The Kier molecular flexibility index (Phi) is 5.82. The molecule has 0 radical (unpaired) electrons. The van der Waals surface area contributed by atoms with Crippen LogP contribution in [-0.2, 0) is 20.3 Å². The van der Waals surface area contributed by atoms with Crippen LogP contribution in [0.25, 0.3) is 21.3 Å². The Bertz CT molecular complexity index is 1490. The molecule has 3 N–H and O–H groups in total. The number of aromatic nitrogens is 5. The monoisotopic (exact) mass is 513 g/mol. The lowest BCUT2D eigenvalue weighted by atomic mass is 10.0. The van der Waals surface area contributed by atoms with Crippen LogP contribution < -0.4 is 11.1 Å². The summed E-state index contributed by atoms with van der Waals surface area (Å²) in [5, 5.41) is 10.2. The van der Waals surface area contributed by atoms with Crippen molar-refractivity contribution in [3.05, 3.63) is 46.0 Å². The van der Waals surface area contributed by atoms with Gasteiger partial charge >= 0.3 is 6.18 Å². The second kappa shape index (κ2) is 8.41. The first kappa shape index (κ1) is 24.3. The van der Waals surface area contributed by atoms with Gasteiger partial charge in [-0.25, -0.2) is 13.8 Å². The van der Waals surface area contributed by atoms with E-state index < -0.39 is 41.5 Å².